The van der Waals surface area contributed by atoms with Crippen molar-refractivity contribution in [2.45, 2.75) is 0 Å². The molecule has 0 bridgehead atoms. The Labute approximate surface area is 112 Å². The van der Waals surface area contributed by atoms with Crippen LogP contribution < -0.4 is 0 Å². The van der Waals surface area contributed by atoms with Gasteiger partial charge in [-0.3, -0.25) is 4.40 Å². The smallest absolute Gasteiger partial charge is 0.159 e. The number of imidazole rings is 1. The molecule has 0 saturated carbocycles. The van der Waals surface area contributed by atoms with Crippen LogP contribution in [0.4, 0.5) is 4.39 Å². The van der Waals surface area contributed by atoms with E-state index in [0.717, 1.165) is 5.56 Å². The molecule has 0 fully saturated rings. The molecule has 90 valence electrons. The predicted molar refractivity (Wildman–Crippen MR) is 68.4 cm³/mol. The summed E-state index contributed by atoms with van der Waals surface area (Å²) < 4.78 is 14.5. The summed E-state index contributed by atoms with van der Waals surface area (Å²) in [6.45, 7) is 0. The molecular weight excluding hydrogens is 276 g/mol. The van der Waals surface area contributed by atoms with E-state index in [1.807, 2.05) is 0 Å². The third kappa shape index (κ3) is 1.83. The van der Waals surface area contributed by atoms with Gasteiger partial charge in [0.15, 0.2) is 5.65 Å². The summed E-state index contributed by atoms with van der Waals surface area (Å²) in [6, 6.07) is 7.54. The van der Waals surface area contributed by atoms with Gasteiger partial charge in [0, 0.05) is 11.6 Å². The van der Waals surface area contributed by atoms with Crippen LogP contribution in [-0.4, -0.2) is 14.4 Å². The van der Waals surface area contributed by atoms with Crippen LogP contribution in [0.5, 0.6) is 0 Å². The van der Waals surface area contributed by atoms with Crippen molar-refractivity contribution in [3.8, 4) is 11.4 Å². The number of nitrogens with zero attached hydrogens (tertiary/aromatic N) is 3. The van der Waals surface area contributed by atoms with Crippen molar-refractivity contribution in [2.24, 2.45) is 0 Å². The number of fused-ring (bicyclic) bond motifs is 1. The molecule has 0 aliphatic carbocycles. The van der Waals surface area contributed by atoms with Crippen LogP contribution >= 0.6 is 23.2 Å². The van der Waals surface area contributed by atoms with Gasteiger partial charge < -0.3 is 0 Å². The molecule has 0 atom stereocenters. The van der Waals surface area contributed by atoms with Crippen LogP contribution in [0, 0.1) is 5.82 Å². The van der Waals surface area contributed by atoms with Crippen molar-refractivity contribution in [2.75, 3.05) is 0 Å². The normalized spacial score (nSPS) is 11.1. The highest BCUT2D eigenvalue weighted by atomic mass is 35.5. The summed E-state index contributed by atoms with van der Waals surface area (Å²) in [5, 5.41) is 0.708. The molecule has 6 heteroatoms. The van der Waals surface area contributed by atoms with E-state index in [2.05, 4.69) is 9.97 Å². The highest BCUT2D eigenvalue weighted by molar-refractivity contribution is 6.33. The highest BCUT2D eigenvalue weighted by Gasteiger charge is 2.11. The second-order valence-electron chi connectivity index (χ2n) is 3.68. The van der Waals surface area contributed by atoms with Crippen LogP contribution in [0.25, 0.3) is 17.0 Å². The zero-order chi connectivity index (χ0) is 12.7. The molecular formula is C12H6Cl2FN3. The first-order chi connectivity index (χ1) is 8.65. The second-order valence-corrected chi connectivity index (χ2v) is 4.46. The molecule has 3 nitrogen and oxygen atoms in total. The van der Waals surface area contributed by atoms with Crippen LogP contribution in [-0.2, 0) is 0 Å². The molecule has 0 radical (unpaired) electrons. The first kappa shape index (κ1) is 11.4. The molecule has 2 aromatic heterocycles. The third-order valence-electron chi connectivity index (χ3n) is 2.52. The molecule has 1 aromatic carbocycles. The Bertz CT molecular complexity index is 722. The summed E-state index contributed by atoms with van der Waals surface area (Å²) in [6.07, 6.45) is 1.57. The summed E-state index contributed by atoms with van der Waals surface area (Å²) >= 11 is 11.9. The van der Waals surface area contributed by atoms with Crippen molar-refractivity contribution in [1.82, 2.24) is 14.4 Å². The topological polar surface area (TPSA) is 30.2 Å². The Morgan fingerprint density at radius 1 is 1.11 bits per heavy atom. The molecule has 2 heterocycles. The number of hydrogen-bond donors (Lipinski definition) is 0. The van der Waals surface area contributed by atoms with Gasteiger partial charge in [-0.05, 0) is 24.3 Å². The molecule has 0 unspecified atom stereocenters. The van der Waals surface area contributed by atoms with E-state index in [4.69, 9.17) is 23.2 Å². The fourth-order valence-electron chi connectivity index (χ4n) is 1.74. The van der Waals surface area contributed by atoms with Gasteiger partial charge in [-0.15, -0.1) is 0 Å². The lowest BCUT2D eigenvalue weighted by Gasteiger charge is -2.03. The maximum atomic E-state index is 12.9. The van der Waals surface area contributed by atoms with E-state index in [-0.39, 0.29) is 5.82 Å². The molecule has 0 aliphatic rings. The van der Waals surface area contributed by atoms with E-state index in [1.54, 1.807) is 22.7 Å². The zero-order valence-electron chi connectivity index (χ0n) is 8.94. The fraction of sp³-hybridized carbons (Fsp3) is 0. The standard InChI is InChI=1S/C12H6Cl2FN3/c13-9-5-10(14)18-11(17-9)6-16-12(18)7-1-3-8(15)4-2-7/h1-6H. The van der Waals surface area contributed by atoms with Gasteiger partial charge in [0.05, 0.1) is 6.20 Å². The predicted octanol–water partition coefficient (Wildman–Crippen LogP) is 3.84. The molecule has 0 saturated heterocycles. The van der Waals surface area contributed by atoms with Crippen molar-refractivity contribution in [3.05, 3.63) is 52.7 Å². The minimum Gasteiger partial charge on any atom is -0.266 e. The molecule has 0 N–H and O–H groups in total. The van der Waals surface area contributed by atoms with Gasteiger partial charge in [0.1, 0.15) is 21.9 Å². The number of hydrogen-bond acceptors (Lipinski definition) is 2. The Morgan fingerprint density at radius 3 is 2.56 bits per heavy atom. The molecule has 3 rings (SSSR count). The quantitative estimate of drug-likeness (QED) is 0.635. The first-order valence-corrected chi connectivity index (χ1v) is 5.86. The molecule has 3 aromatic rings. The van der Waals surface area contributed by atoms with Gasteiger partial charge in [-0.2, -0.15) is 0 Å². The van der Waals surface area contributed by atoms with Gasteiger partial charge in [0.25, 0.3) is 0 Å². The van der Waals surface area contributed by atoms with Crippen LogP contribution in [0.3, 0.4) is 0 Å². The lowest BCUT2D eigenvalue weighted by Crippen LogP contribution is -1.93. The minimum absolute atomic E-state index is 0.299. The average molecular weight is 282 g/mol. The maximum Gasteiger partial charge on any atom is 0.159 e. The molecule has 18 heavy (non-hydrogen) atoms. The number of halogens is 3. The average Bonchev–Trinajstić information content (AvgIpc) is 2.74. The summed E-state index contributed by atoms with van der Waals surface area (Å²) in [4.78, 5) is 8.34. The van der Waals surface area contributed by atoms with E-state index in [9.17, 15) is 4.39 Å². The molecule has 0 amide bonds. The van der Waals surface area contributed by atoms with Crippen molar-refractivity contribution in [3.63, 3.8) is 0 Å². The Hall–Kier alpha value is -1.65. The van der Waals surface area contributed by atoms with Crippen molar-refractivity contribution in [1.29, 1.82) is 0 Å². The van der Waals surface area contributed by atoms with Crippen LogP contribution in [0.1, 0.15) is 0 Å². The first-order valence-electron chi connectivity index (χ1n) is 5.10. The highest BCUT2D eigenvalue weighted by Crippen LogP contribution is 2.24. The van der Waals surface area contributed by atoms with Gasteiger partial charge in [-0.25, -0.2) is 14.4 Å². The fourth-order valence-corrected chi connectivity index (χ4v) is 2.26. The van der Waals surface area contributed by atoms with Gasteiger partial charge in [-0.1, -0.05) is 23.2 Å². The van der Waals surface area contributed by atoms with E-state index < -0.39 is 0 Å². The summed E-state index contributed by atoms with van der Waals surface area (Å²) in [5.41, 5.74) is 1.30. The van der Waals surface area contributed by atoms with Gasteiger partial charge >= 0.3 is 0 Å². The minimum atomic E-state index is -0.299. The second kappa shape index (κ2) is 4.23. The monoisotopic (exact) mass is 281 g/mol. The van der Waals surface area contributed by atoms with Crippen molar-refractivity contribution >= 4 is 28.8 Å². The number of rotatable bonds is 1. The summed E-state index contributed by atoms with van der Waals surface area (Å²) in [5.74, 6) is 0.297. The number of benzene rings is 1. The van der Waals surface area contributed by atoms with Crippen LogP contribution in [0.15, 0.2) is 36.5 Å². The SMILES string of the molecule is Fc1ccc(-c2ncc3nc(Cl)cc(Cl)n23)cc1. The van der Waals surface area contributed by atoms with Crippen molar-refractivity contribution < 1.29 is 4.39 Å². The largest absolute Gasteiger partial charge is 0.266 e. The number of aromatic nitrogens is 3. The van der Waals surface area contributed by atoms with E-state index >= 15 is 0 Å². The van der Waals surface area contributed by atoms with Crippen LogP contribution in [0.2, 0.25) is 10.3 Å². The Morgan fingerprint density at radius 2 is 1.83 bits per heavy atom. The Balaban J connectivity index is 2.27. The third-order valence-corrected chi connectivity index (χ3v) is 2.99. The van der Waals surface area contributed by atoms with E-state index in [1.165, 1.54) is 18.2 Å². The molecule has 0 aliphatic heterocycles. The summed E-state index contributed by atoms with van der Waals surface area (Å²) in [7, 11) is 0. The lowest BCUT2D eigenvalue weighted by atomic mass is 10.2. The Kier molecular flexibility index (Phi) is 2.69. The molecule has 0 spiro atoms. The zero-order valence-corrected chi connectivity index (χ0v) is 10.5. The maximum absolute atomic E-state index is 12.9. The van der Waals surface area contributed by atoms with Gasteiger partial charge in [0.2, 0.25) is 0 Å². The van der Waals surface area contributed by atoms with E-state index in [0.29, 0.717) is 21.8 Å². The lowest BCUT2D eigenvalue weighted by molar-refractivity contribution is 0.628.